The summed E-state index contributed by atoms with van der Waals surface area (Å²) in [4.78, 5) is 23.9. The number of carbonyl (C=O) groups is 2. The Labute approximate surface area is 183 Å². The van der Waals surface area contributed by atoms with Crippen molar-refractivity contribution in [1.82, 2.24) is 10.6 Å². The molecule has 148 valence electrons. The molecule has 0 aliphatic heterocycles. The molecule has 5 nitrogen and oxygen atoms in total. The predicted octanol–water partition coefficient (Wildman–Crippen LogP) is 4.61. The number of alkyl halides is 3. The smallest absolute Gasteiger partial charge is 0.253 e. The Morgan fingerprint density at radius 2 is 1.61 bits per heavy atom. The molecule has 2 rings (SSSR count). The molecule has 2 aromatic carbocycles. The summed E-state index contributed by atoms with van der Waals surface area (Å²) in [7, 11) is 0. The fourth-order valence-corrected chi connectivity index (χ4v) is 2.89. The second-order valence-corrected chi connectivity index (χ2v) is 8.77. The fraction of sp³-hybridized carbons (Fsp3) is 0.211. The fourth-order valence-electron chi connectivity index (χ4n) is 2.32. The van der Waals surface area contributed by atoms with E-state index in [4.69, 9.17) is 47.0 Å². The Hall–Kier alpha value is -1.86. The number of thiocarbonyl (C=S) groups is 1. The Balaban J connectivity index is 2.07. The zero-order valence-corrected chi connectivity index (χ0v) is 18.1. The van der Waals surface area contributed by atoms with Crippen molar-refractivity contribution in [1.29, 1.82) is 0 Å². The lowest BCUT2D eigenvalue weighted by Gasteiger charge is -2.28. The van der Waals surface area contributed by atoms with Crippen LogP contribution in [0.4, 0.5) is 5.69 Å². The summed E-state index contributed by atoms with van der Waals surface area (Å²) in [6.07, 6.45) is -1.08. The first-order valence-electron chi connectivity index (χ1n) is 8.19. The van der Waals surface area contributed by atoms with Crippen LogP contribution in [0.3, 0.4) is 0 Å². The van der Waals surface area contributed by atoms with Crippen molar-refractivity contribution >= 4 is 69.5 Å². The molecule has 1 atom stereocenters. The second-order valence-electron chi connectivity index (χ2n) is 6.00. The zero-order chi connectivity index (χ0) is 20.9. The highest BCUT2D eigenvalue weighted by molar-refractivity contribution is 7.80. The van der Waals surface area contributed by atoms with Crippen molar-refractivity contribution in [2.45, 2.75) is 23.8 Å². The quantitative estimate of drug-likeness (QED) is 0.264. The van der Waals surface area contributed by atoms with Gasteiger partial charge in [-0.25, -0.2) is 0 Å². The van der Waals surface area contributed by atoms with Crippen LogP contribution < -0.4 is 16.0 Å². The molecule has 0 aliphatic carbocycles. The number of hydrogen-bond acceptors (Lipinski definition) is 3. The molecule has 0 heterocycles. The Morgan fingerprint density at radius 3 is 2.14 bits per heavy atom. The third-order valence-electron chi connectivity index (χ3n) is 3.82. The lowest BCUT2D eigenvalue weighted by molar-refractivity contribution is 0.0933. The van der Waals surface area contributed by atoms with E-state index in [-0.39, 0.29) is 10.9 Å². The van der Waals surface area contributed by atoms with Gasteiger partial charge in [-0.1, -0.05) is 53.0 Å². The number of aryl methyl sites for hydroxylation is 1. The molecule has 0 fully saturated rings. The van der Waals surface area contributed by atoms with Gasteiger partial charge in [0, 0.05) is 16.8 Å². The molecular weight excluding hydrogens is 441 g/mol. The number of Topliss-reactive ketones (excluding diaryl/α,β-unsaturated/α-hetero) is 1. The molecule has 0 aromatic heterocycles. The summed E-state index contributed by atoms with van der Waals surface area (Å²) in [5, 5.41) is 8.48. The van der Waals surface area contributed by atoms with E-state index >= 15 is 0 Å². The normalized spacial score (nSPS) is 12.0. The van der Waals surface area contributed by atoms with Gasteiger partial charge in [-0.15, -0.1) is 0 Å². The minimum absolute atomic E-state index is 0.0394. The van der Waals surface area contributed by atoms with E-state index in [0.29, 0.717) is 16.8 Å². The standard InChI is InChI=1S/C19H18Cl3N3O2S/c1-11-5-3-4-6-15(11)16(27)24-17(19(20,21)22)25-18(28)23-14-9-7-13(8-10-14)12(2)26/h3-10,17H,1-2H3,(H,24,27)(H2,23,25,28)/t17-/m0/s1. The van der Waals surface area contributed by atoms with Gasteiger partial charge >= 0.3 is 0 Å². The van der Waals surface area contributed by atoms with Crippen LogP contribution in [0.2, 0.25) is 0 Å². The van der Waals surface area contributed by atoms with Crippen molar-refractivity contribution in [3.05, 3.63) is 65.2 Å². The van der Waals surface area contributed by atoms with Crippen molar-refractivity contribution in [3.8, 4) is 0 Å². The molecule has 0 radical (unpaired) electrons. The van der Waals surface area contributed by atoms with Crippen LogP contribution in [0.25, 0.3) is 0 Å². The van der Waals surface area contributed by atoms with Gasteiger partial charge in [0.1, 0.15) is 6.17 Å². The summed E-state index contributed by atoms with van der Waals surface area (Å²) >= 11 is 23.3. The van der Waals surface area contributed by atoms with Crippen molar-refractivity contribution in [2.24, 2.45) is 0 Å². The molecule has 3 N–H and O–H groups in total. The summed E-state index contributed by atoms with van der Waals surface area (Å²) in [6.45, 7) is 3.29. The number of rotatable bonds is 5. The average molecular weight is 459 g/mol. The minimum atomic E-state index is -1.86. The van der Waals surface area contributed by atoms with Crippen LogP contribution in [0.15, 0.2) is 48.5 Å². The van der Waals surface area contributed by atoms with Gasteiger partial charge in [-0.3, -0.25) is 9.59 Å². The van der Waals surface area contributed by atoms with Gasteiger partial charge in [0.25, 0.3) is 5.91 Å². The van der Waals surface area contributed by atoms with Crippen LogP contribution in [-0.2, 0) is 0 Å². The largest absolute Gasteiger partial charge is 0.339 e. The molecule has 0 bridgehead atoms. The first-order valence-corrected chi connectivity index (χ1v) is 9.74. The summed E-state index contributed by atoms with van der Waals surface area (Å²) in [6, 6.07) is 13.8. The van der Waals surface area contributed by atoms with Crippen molar-refractivity contribution < 1.29 is 9.59 Å². The molecule has 28 heavy (non-hydrogen) atoms. The molecule has 2 aromatic rings. The van der Waals surface area contributed by atoms with E-state index in [1.165, 1.54) is 6.92 Å². The van der Waals surface area contributed by atoms with Gasteiger partial charge in [-0.2, -0.15) is 0 Å². The van der Waals surface area contributed by atoms with Gasteiger partial charge in [-0.05, 0) is 62.0 Å². The molecular formula is C19H18Cl3N3O2S. The van der Waals surface area contributed by atoms with Gasteiger partial charge in [0.2, 0.25) is 3.79 Å². The predicted molar refractivity (Wildman–Crippen MR) is 119 cm³/mol. The lowest BCUT2D eigenvalue weighted by atomic mass is 10.1. The van der Waals surface area contributed by atoms with Crippen molar-refractivity contribution in [2.75, 3.05) is 5.32 Å². The van der Waals surface area contributed by atoms with Crippen LogP contribution in [-0.4, -0.2) is 26.8 Å². The molecule has 0 saturated carbocycles. The zero-order valence-electron chi connectivity index (χ0n) is 15.1. The van der Waals surface area contributed by atoms with Gasteiger partial charge in [0.05, 0.1) is 0 Å². The monoisotopic (exact) mass is 457 g/mol. The van der Waals surface area contributed by atoms with Crippen LogP contribution >= 0.6 is 47.0 Å². The van der Waals surface area contributed by atoms with E-state index < -0.39 is 15.9 Å². The number of ketones is 1. The highest BCUT2D eigenvalue weighted by atomic mass is 35.6. The topological polar surface area (TPSA) is 70.2 Å². The Bertz CT molecular complexity index is 883. The summed E-state index contributed by atoms with van der Waals surface area (Å²) in [5.41, 5.74) is 2.46. The molecule has 9 heteroatoms. The summed E-state index contributed by atoms with van der Waals surface area (Å²) < 4.78 is -1.86. The second kappa shape index (κ2) is 9.56. The first-order chi connectivity index (χ1) is 13.1. The lowest BCUT2D eigenvalue weighted by Crippen LogP contribution is -2.56. The van der Waals surface area contributed by atoms with Crippen LogP contribution in [0, 0.1) is 6.92 Å². The number of carbonyl (C=O) groups excluding carboxylic acids is 2. The molecule has 1 amide bonds. The molecule has 0 aliphatic rings. The van der Waals surface area contributed by atoms with E-state index in [9.17, 15) is 9.59 Å². The number of halogens is 3. The molecule has 0 unspecified atom stereocenters. The van der Waals surface area contributed by atoms with Crippen LogP contribution in [0.1, 0.15) is 33.2 Å². The van der Waals surface area contributed by atoms with E-state index in [1.54, 1.807) is 36.4 Å². The number of benzene rings is 2. The maximum atomic E-state index is 12.5. The molecule has 0 spiro atoms. The SMILES string of the molecule is CC(=O)c1ccc(NC(=S)N[C@H](NC(=O)c2ccccc2C)C(Cl)(Cl)Cl)cc1. The number of amides is 1. The average Bonchev–Trinajstić information content (AvgIpc) is 2.61. The third-order valence-corrected chi connectivity index (χ3v) is 4.69. The van der Waals surface area contributed by atoms with E-state index in [0.717, 1.165) is 5.56 Å². The minimum Gasteiger partial charge on any atom is -0.339 e. The van der Waals surface area contributed by atoms with Crippen LogP contribution in [0.5, 0.6) is 0 Å². The number of hydrogen-bond donors (Lipinski definition) is 3. The summed E-state index contributed by atoms with van der Waals surface area (Å²) in [5.74, 6) is -0.446. The third kappa shape index (κ3) is 6.34. The Morgan fingerprint density at radius 1 is 1.00 bits per heavy atom. The highest BCUT2D eigenvalue weighted by Crippen LogP contribution is 2.29. The highest BCUT2D eigenvalue weighted by Gasteiger charge is 2.35. The maximum absolute atomic E-state index is 12.5. The first kappa shape index (κ1) is 22.4. The Kier molecular flexibility index (Phi) is 7.66. The van der Waals surface area contributed by atoms with E-state index in [1.807, 2.05) is 19.1 Å². The number of nitrogens with one attached hydrogen (secondary N) is 3. The maximum Gasteiger partial charge on any atom is 0.253 e. The number of anilines is 1. The van der Waals surface area contributed by atoms with Gasteiger partial charge < -0.3 is 16.0 Å². The van der Waals surface area contributed by atoms with Crippen molar-refractivity contribution in [3.63, 3.8) is 0 Å². The van der Waals surface area contributed by atoms with E-state index in [2.05, 4.69) is 16.0 Å². The molecule has 0 saturated heterocycles. The van der Waals surface area contributed by atoms with Gasteiger partial charge in [0.15, 0.2) is 10.9 Å².